The van der Waals surface area contributed by atoms with Gasteiger partial charge in [0.15, 0.2) is 0 Å². The Morgan fingerprint density at radius 2 is 1.38 bits per heavy atom. The molecule has 0 radical (unpaired) electrons. The van der Waals surface area contributed by atoms with Crippen LogP contribution < -0.4 is 0 Å². The van der Waals surface area contributed by atoms with Crippen LogP contribution >= 0.6 is 12.0 Å². The van der Waals surface area contributed by atoms with Gasteiger partial charge in [0, 0.05) is 4.90 Å². The van der Waals surface area contributed by atoms with E-state index >= 15 is 0 Å². The summed E-state index contributed by atoms with van der Waals surface area (Å²) in [4.78, 5) is 26.6. The second-order valence-corrected chi connectivity index (χ2v) is 11.3. The molecule has 0 spiro atoms. The molecule has 4 fully saturated rings. The normalized spacial score (nSPS) is 37.1. The van der Waals surface area contributed by atoms with Crippen molar-refractivity contribution in [3.05, 3.63) is 29.3 Å². The smallest absolute Gasteiger partial charge is 0.338 e. The van der Waals surface area contributed by atoms with Gasteiger partial charge in [-0.3, -0.25) is 0 Å². The zero-order chi connectivity index (χ0) is 22.5. The van der Waals surface area contributed by atoms with Gasteiger partial charge in [-0.25, -0.2) is 14.8 Å². The second kappa shape index (κ2) is 8.31. The minimum Gasteiger partial charge on any atom is -0.455 e. The van der Waals surface area contributed by atoms with Crippen LogP contribution in [0, 0.1) is 23.7 Å². The van der Waals surface area contributed by atoms with Crippen LogP contribution in [0.1, 0.15) is 85.9 Å². The predicted octanol–water partition coefficient (Wildman–Crippen LogP) is 5.59. The van der Waals surface area contributed by atoms with Gasteiger partial charge >= 0.3 is 11.9 Å². The topological polar surface area (TPSA) is 91.3 Å². The van der Waals surface area contributed by atoms with Crippen molar-refractivity contribution in [1.82, 2.24) is 0 Å². The summed E-state index contributed by atoms with van der Waals surface area (Å²) in [7, 11) is 0. The third kappa shape index (κ3) is 4.06. The highest BCUT2D eigenvalue weighted by Crippen LogP contribution is 2.53. The fraction of sp³-hybridized carbons (Fsp3) is 0.667. The van der Waals surface area contributed by atoms with Crippen molar-refractivity contribution in [3.8, 4) is 0 Å². The van der Waals surface area contributed by atoms with E-state index in [1.165, 1.54) is 18.9 Å². The molecule has 0 aliphatic heterocycles. The van der Waals surface area contributed by atoms with E-state index < -0.39 is 23.1 Å². The van der Waals surface area contributed by atoms with Crippen molar-refractivity contribution in [2.75, 3.05) is 0 Å². The maximum absolute atomic E-state index is 13.1. The molecule has 0 aromatic heterocycles. The molecule has 5 rings (SSSR count). The quantitative estimate of drug-likeness (QED) is 0.243. The summed E-state index contributed by atoms with van der Waals surface area (Å²) in [6.07, 6.45) is 8.58. The minimum atomic E-state index is -0.467. The third-order valence-corrected chi connectivity index (χ3v) is 8.94. The van der Waals surface area contributed by atoms with Gasteiger partial charge in [0.2, 0.25) is 0 Å². The van der Waals surface area contributed by atoms with Crippen molar-refractivity contribution in [1.29, 1.82) is 0 Å². The molecule has 1 N–H and O–H groups in total. The first-order valence-electron chi connectivity index (χ1n) is 11.5. The Bertz CT molecular complexity index is 853. The van der Waals surface area contributed by atoms with Gasteiger partial charge < -0.3 is 9.47 Å². The van der Waals surface area contributed by atoms with E-state index in [4.69, 9.17) is 14.7 Å². The molecule has 174 valence electrons. The summed E-state index contributed by atoms with van der Waals surface area (Å²) in [5, 5.41) is 12.2. The molecular weight excluding hydrogens is 432 g/mol. The molecule has 0 saturated heterocycles. The van der Waals surface area contributed by atoms with Crippen LogP contribution in [0.25, 0.3) is 0 Å². The van der Waals surface area contributed by atoms with E-state index in [2.05, 4.69) is 9.37 Å². The lowest BCUT2D eigenvalue weighted by Crippen LogP contribution is -2.37. The zero-order valence-corrected chi connectivity index (χ0v) is 19.3. The van der Waals surface area contributed by atoms with Crippen LogP contribution in [0.2, 0.25) is 0 Å². The van der Waals surface area contributed by atoms with E-state index in [9.17, 15) is 9.59 Å². The summed E-state index contributed by atoms with van der Waals surface area (Å²) in [5.41, 5.74) is -0.424. The predicted molar refractivity (Wildman–Crippen MR) is 116 cm³/mol. The maximum atomic E-state index is 13.1. The molecule has 4 saturated carbocycles. The van der Waals surface area contributed by atoms with Crippen molar-refractivity contribution in [2.45, 2.75) is 81.3 Å². The van der Waals surface area contributed by atoms with Gasteiger partial charge in [0.1, 0.15) is 11.2 Å². The maximum Gasteiger partial charge on any atom is 0.338 e. The summed E-state index contributed by atoms with van der Waals surface area (Å²) in [6.45, 7) is 4.03. The summed E-state index contributed by atoms with van der Waals surface area (Å²) >= 11 is 0.704. The minimum absolute atomic E-state index is 0.255. The average molecular weight is 463 g/mol. The van der Waals surface area contributed by atoms with Crippen LogP contribution in [0.4, 0.5) is 0 Å². The Morgan fingerprint density at radius 3 is 1.75 bits per heavy atom. The number of ether oxygens (including phenoxy) is 2. The highest BCUT2D eigenvalue weighted by Gasteiger charge is 2.51. The first kappa shape index (κ1) is 22.2. The van der Waals surface area contributed by atoms with Crippen molar-refractivity contribution in [2.24, 2.45) is 23.7 Å². The molecule has 4 aliphatic rings. The molecule has 4 bridgehead atoms. The molecule has 1 aromatic carbocycles. The van der Waals surface area contributed by atoms with Gasteiger partial charge in [0.05, 0.1) is 23.2 Å². The highest BCUT2D eigenvalue weighted by molar-refractivity contribution is 7.94. The summed E-state index contributed by atoms with van der Waals surface area (Å²) < 4.78 is 16.5. The molecule has 0 amide bonds. The lowest BCUT2D eigenvalue weighted by atomic mass is 9.85. The molecule has 0 heterocycles. The summed E-state index contributed by atoms with van der Waals surface area (Å²) in [5.74, 6) is 1.11. The monoisotopic (exact) mass is 462 g/mol. The number of esters is 2. The van der Waals surface area contributed by atoms with Gasteiger partial charge in [-0.1, -0.05) is 5.04 Å². The Balaban J connectivity index is 1.36. The molecule has 8 heteroatoms. The highest BCUT2D eigenvalue weighted by atomic mass is 32.2. The Morgan fingerprint density at radius 1 is 0.875 bits per heavy atom. The Kier molecular flexibility index (Phi) is 5.76. The fourth-order valence-corrected chi connectivity index (χ4v) is 7.30. The lowest BCUT2D eigenvalue weighted by molar-refractivity contribution is -0.432. The second-order valence-electron chi connectivity index (χ2n) is 10.5. The van der Waals surface area contributed by atoms with Crippen LogP contribution in [0.3, 0.4) is 0 Å². The SMILES string of the molecule is CC1(OC(=O)c2cc(SOOO)cc(C(=O)OC3(C)CC4CCC3C4)c2)CC2CCC1C2. The largest absolute Gasteiger partial charge is 0.455 e. The van der Waals surface area contributed by atoms with Crippen LogP contribution in [0.5, 0.6) is 0 Å². The van der Waals surface area contributed by atoms with E-state index in [1.54, 1.807) is 12.1 Å². The molecule has 32 heavy (non-hydrogen) atoms. The Labute approximate surface area is 192 Å². The number of hydrogen-bond acceptors (Lipinski definition) is 8. The van der Waals surface area contributed by atoms with Crippen molar-refractivity contribution < 1.29 is 33.7 Å². The third-order valence-electron chi connectivity index (χ3n) is 8.39. The molecule has 6 unspecified atom stereocenters. The van der Waals surface area contributed by atoms with Gasteiger partial charge in [-0.15, -0.1) is 4.33 Å². The molecule has 6 atom stereocenters. The lowest BCUT2D eigenvalue weighted by Gasteiger charge is -2.34. The van der Waals surface area contributed by atoms with Crippen molar-refractivity contribution in [3.63, 3.8) is 0 Å². The van der Waals surface area contributed by atoms with E-state index in [-0.39, 0.29) is 11.1 Å². The van der Waals surface area contributed by atoms with E-state index in [1.807, 2.05) is 13.8 Å². The van der Waals surface area contributed by atoms with Crippen LogP contribution in [0.15, 0.2) is 23.1 Å². The number of rotatable bonds is 7. The van der Waals surface area contributed by atoms with Crippen LogP contribution in [-0.2, 0) is 18.8 Å². The number of fused-ring (bicyclic) bond motifs is 4. The van der Waals surface area contributed by atoms with Gasteiger partial charge in [-0.2, -0.15) is 0 Å². The molecule has 7 nitrogen and oxygen atoms in total. The molecule has 4 aliphatic carbocycles. The van der Waals surface area contributed by atoms with Gasteiger partial charge in [-0.05, 0) is 107 Å². The number of carbonyl (C=O) groups is 2. The van der Waals surface area contributed by atoms with E-state index in [0.717, 1.165) is 38.5 Å². The summed E-state index contributed by atoms with van der Waals surface area (Å²) in [6, 6.07) is 4.67. The first-order chi connectivity index (χ1) is 15.3. The van der Waals surface area contributed by atoms with Crippen molar-refractivity contribution >= 4 is 24.0 Å². The van der Waals surface area contributed by atoms with Gasteiger partial charge in [0.25, 0.3) is 0 Å². The Hall–Kier alpha value is -1.61. The van der Waals surface area contributed by atoms with Crippen LogP contribution in [-0.4, -0.2) is 28.4 Å². The molecule has 1 aromatic rings. The zero-order valence-electron chi connectivity index (χ0n) is 18.5. The van der Waals surface area contributed by atoms with E-state index in [0.29, 0.717) is 40.6 Å². The number of benzene rings is 1. The first-order valence-corrected chi connectivity index (χ1v) is 12.3. The fourth-order valence-electron chi connectivity index (χ4n) is 6.84. The number of hydrogen-bond donors (Lipinski definition) is 1. The number of carbonyl (C=O) groups excluding carboxylic acids is 2. The average Bonchev–Trinajstić information content (AvgIpc) is 3.52. The molecular formula is C24H30O7S. The standard InChI is InChI=1S/C24H30O7S/c1-23(12-14-3-5-18(23)7-14)28-21(25)16-9-17(11-20(10-16)32-31-30-27)22(26)29-24(2)13-15-4-6-19(24)8-15/h9-11,14-15,18-19,27H,3-8,12-13H2,1-2H3.